The molecule has 0 aliphatic rings. The summed E-state index contributed by atoms with van der Waals surface area (Å²) in [7, 11) is 0. The Morgan fingerprint density at radius 2 is 1.90 bits per heavy atom. The third-order valence-corrected chi connectivity index (χ3v) is 3.56. The third-order valence-electron chi connectivity index (χ3n) is 3.56. The second-order valence-electron chi connectivity index (χ2n) is 5.11. The maximum atomic E-state index is 12.2. The van der Waals surface area contributed by atoms with Gasteiger partial charge < -0.3 is 5.32 Å². The predicted molar refractivity (Wildman–Crippen MR) is 80.0 cm³/mol. The van der Waals surface area contributed by atoms with Gasteiger partial charge in [-0.15, -0.1) is 0 Å². The quantitative estimate of drug-likeness (QED) is 0.934. The first-order chi connectivity index (χ1) is 9.93. The topological polar surface area (TPSA) is 72.7 Å². The summed E-state index contributed by atoms with van der Waals surface area (Å²) in [6.07, 6.45) is 3.08. The summed E-state index contributed by atoms with van der Waals surface area (Å²) in [6, 6.07) is -0.112. The van der Waals surface area contributed by atoms with E-state index in [2.05, 4.69) is 27.3 Å². The van der Waals surface area contributed by atoms with Crippen molar-refractivity contribution in [1.29, 1.82) is 0 Å². The standard InChI is InChI=1S/C15H21N5O/c1-6-20-11(4)14(10(3)19-20)9(2)18-15(21)13-7-16-12(5)17-8-13/h7-9H,6H2,1-5H3,(H,18,21). The molecular formula is C15H21N5O. The van der Waals surface area contributed by atoms with Crippen LogP contribution in [0.15, 0.2) is 12.4 Å². The van der Waals surface area contributed by atoms with Crippen molar-refractivity contribution in [1.82, 2.24) is 25.1 Å². The number of nitrogens with zero attached hydrogens (tertiary/aromatic N) is 4. The van der Waals surface area contributed by atoms with E-state index in [1.807, 2.05) is 25.5 Å². The van der Waals surface area contributed by atoms with E-state index in [9.17, 15) is 4.79 Å². The molecule has 1 atom stereocenters. The van der Waals surface area contributed by atoms with E-state index in [-0.39, 0.29) is 11.9 Å². The van der Waals surface area contributed by atoms with Gasteiger partial charge in [0, 0.05) is 30.2 Å². The first-order valence-corrected chi connectivity index (χ1v) is 7.07. The maximum Gasteiger partial charge on any atom is 0.254 e. The Balaban J connectivity index is 2.18. The monoisotopic (exact) mass is 287 g/mol. The molecule has 2 rings (SSSR count). The van der Waals surface area contributed by atoms with Gasteiger partial charge in [-0.3, -0.25) is 9.48 Å². The maximum absolute atomic E-state index is 12.2. The van der Waals surface area contributed by atoms with Gasteiger partial charge >= 0.3 is 0 Å². The van der Waals surface area contributed by atoms with E-state index < -0.39 is 0 Å². The Morgan fingerprint density at radius 3 is 2.43 bits per heavy atom. The van der Waals surface area contributed by atoms with Crippen molar-refractivity contribution in [3.8, 4) is 0 Å². The molecule has 21 heavy (non-hydrogen) atoms. The van der Waals surface area contributed by atoms with Crippen molar-refractivity contribution < 1.29 is 4.79 Å². The Hall–Kier alpha value is -2.24. The van der Waals surface area contributed by atoms with Crippen LogP contribution < -0.4 is 5.32 Å². The number of carbonyl (C=O) groups excluding carboxylic acids is 1. The zero-order valence-corrected chi connectivity index (χ0v) is 13.1. The molecule has 1 unspecified atom stereocenters. The molecule has 112 valence electrons. The number of aromatic nitrogens is 4. The summed E-state index contributed by atoms with van der Waals surface area (Å²) in [5.41, 5.74) is 3.56. The highest BCUT2D eigenvalue weighted by molar-refractivity contribution is 5.93. The smallest absolute Gasteiger partial charge is 0.254 e. The van der Waals surface area contributed by atoms with Gasteiger partial charge in [0.05, 0.1) is 17.3 Å². The van der Waals surface area contributed by atoms with Crippen molar-refractivity contribution in [2.75, 3.05) is 0 Å². The molecular weight excluding hydrogens is 266 g/mol. The second kappa shape index (κ2) is 6.03. The number of carbonyl (C=O) groups is 1. The molecule has 2 aromatic rings. The highest BCUT2D eigenvalue weighted by atomic mass is 16.1. The molecule has 2 heterocycles. The van der Waals surface area contributed by atoms with Crippen LogP contribution in [0, 0.1) is 20.8 Å². The lowest BCUT2D eigenvalue weighted by atomic mass is 10.1. The molecule has 0 aromatic carbocycles. The molecule has 0 aliphatic heterocycles. The molecule has 6 heteroatoms. The number of nitrogens with one attached hydrogen (secondary N) is 1. The Kier molecular flexibility index (Phi) is 4.35. The zero-order valence-electron chi connectivity index (χ0n) is 13.1. The van der Waals surface area contributed by atoms with E-state index >= 15 is 0 Å². The molecule has 0 radical (unpaired) electrons. The molecule has 1 amide bonds. The summed E-state index contributed by atoms with van der Waals surface area (Å²) in [6.45, 7) is 10.6. The molecule has 0 aliphatic carbocycles. The fourth-order valence-electron chi connectivity index (χ4n) is 2.51. The molecule has 1 N–H and O–H groups in total. The van der Waals surface area contributed by atoms with Gasteiger partial charge in [0.1, 0.15) is 5.82 Å². The van der Waals surface area contributed by atoms with Crippen LogP contribution in [0.5, 0.6) is 0 Å². The fraction of sp³-hybridized carbons (Fsp3) is 0.467. The molecule has 0 saturated carbocycles. The zero-order chi connectivity index (χ0) is 15.6. The van der Waals surface area contributed by atoms with Gasteiger partial charge in [-0.05, 0) is 34.6 Å². The molecule has 0 spiro atoms. The molecule has 0 saturated heterocycles. The molecule has 0 fully saturated rings. The van der Waals surface area contributed by atoms with Crippen LogP contribution in [0.2, 0.25) is 0 Å². The van der Waals surface area contributed by atoms with Gasteiger partial charge in [-0.2, -0.15) is 5.10 Å². The summed E-state index contributed by atoms with van der Waals surface area (Å²) in [5.74, 6) is 0.473. The van der Waals surface area contributed by atoms with Crippen molar-refractivity contribution in [3.05, 3.63) is 40.7 Å². The lowest BCUT2D eigenvalue weighted by Gasteiger charge is -2.15. The molecule has 2 aromatic heterocycles. The van der Waals surface area contributed by atoms with Crippen LogP contribution in [0.4, 0.5) is 0 Å². The minimum absolute atomic E-state index is 0.112. The van der Waals surface area contributed by atoms with E-state index in [4.69, 9.17) is 0 Å². The minimum atomic E-state index is -0.175. The van der Waals surface area contributed by atoms with Crippen LogP contribution in [0.3, 0.4) is 0 Å². The van der Waals surface area contributed by atoms with Crippen LogP contribution in [-0.2, 0) is 6.54 Å². The molecule has 0 bridgehead atoms. The van der Waals surface area contributed by atoms with Crippen molar-refractivity contribution in [3.63, 3.8) is 0 Å². The average Bonchev–Trinajstić information content (AvgIpc) is 2.73. The van der Waals surface area contributed by atoms with E-state index in [0.717, 1.165) is 23.5 Å². The Labute approximate surface area is 124 Å². The van der Waals surface area contributed by atoms with Crippen molar-refractivity contribution in [2.45, 2.75) is 47.2 Å². The van der Waals surface area contributed by atoms with Gasteiger partial charge in [-0.25, -0.2) is 9.97 Å². The summed E-state index contributed by atoms with van der Waals surface area (Å²) in [5, 5.41) is 7.46. The first-order valence-electron chi connectivity index (χ1n) is 7.07. The second-order valence-corrected chi connectivity index (χ2v) is 5.11. The van der Waals surface area contributed by atoms with Crippen LogP contribution >= 0.6 is 0 Å². The molecule has 6 nitrogen and oxygen atoms in total. The summed E-state index contributed by atoms with van der Waals surface area (Å²) < 4.78 is 1.95. The van der Waals surface area contributed by atoms with E-state index in [0.29, 0.717) is 11.4 Å². The lowest BCUT2D eigenvalue weighted by Crippen LogP contribution is -2.27. The predicted octanol–water partition coefficient (Wildman–Crippen LogP) is 2.11. The van der Waals surface area contributed by atoms with Crippen molar-refractivity contribution >= 4 is 5.91 Å². The number of hydrogen-bond donors (Lipinski definition) is 1. The number of rotatable bonds is 4. The summed E-state index contributed by atoms with van der Waals surface area (Å²) >= 11 is 0. The largest absolute Gasteiger partial charge is 0.345 e. The average molecular weight is 287 g/mol. The van der Waals surface area contributed by atoms with Crippen LogP contribution in [-0.4, -0.2) is 25.7 Å². The fourth-order valence-corrected chi connectivity index (χ4v) is 2.51. The Bertz CT molecular complexity index is 645. The normalized spacial score (nSPS) is 12.2. The summed E-state index contributed by atoms with van der Waals surface area (Å²) in [4.78, 5) is 20.3. The third kappa shape index (κ3) is 3.09. The highest BCUT2D eigenvalue weighted by Gasteiger charge is 2.19. The minimum Gasteiger partial charge on any atom is -0.345 e. The first kappa shape index (κ1) is 15.2. The van der Waals surface area contributed by atoms with Crippen LogP contribution in [0.25, 0.3) is 0 Å². The van der Waals surface area contributed by atoms with Crippen molar-refractivity contribution in [2.24, 2.45) is 0 Å². The van der Waals surface area contributed by atoms with Gasteiger partial charge in [0.25, 0.3) is 5.91 Å². The number of amides is 1. The number of aryl methyl sites for hydroxylation is 3. The van der Waals surface area contributed by atoms with Crippen LogP contribution in [0.1, 0.15) is 53.0 Å². The SMILES string of the molecule is CCn1nc(C)c(C(C)NC(=O)c2cnc(C)nc2)c1C. The van der Waals surface area contributed by atoms with Gasteiger partial charge in [-0.1, -0.05) is 0 Å². The highest BCUT2D eigenvalue weighted by Crippen LogP contribution is 2.21. The van der Waals surface area contributed by atoms with Gasteiger partial charge in [0.15, 0.2) is 0 Å². The Morgan fingerprint density at radius 1 is 1.29 bits per heavy atom. The van der Waals surface area contributed by atoms with E-state index in [1.54, 1.807) is 19.3 Å². The van der Waals surface area contributed by atoms with E-state index in [1.165, 1.54) is 0 Å². The van der Waals surface area contributed by atoms with Gasteiger partial charge in [0.2, 0.25) is 0 Å². The lowest BCUT2D eigenvalue weighted by molar-refractivity contribution is 0.0939. The number of hydrogen-bond acceptors (Lipinski definition) is 4.